The lowest BCUT2D eigenvalue weighted by atomic mass is 10.0. The minimum atomic E-state index is -5.05. The van der Waals surface area contributed by atoms with E-state index in [1.54, 1.807) is 0 Å². The van der Waals surface area contributed by atoms with E-state index in [2.05, 4.69) is 0 Å². The highest BCUT2D eigenvalue weighted by atomic mass is 19.4. The van der Waals surface area contributed by atoms with Crippen LogP contribution in [0.1, 0.15) is 53.6 Å². The third-order valence-electron chi connectivity index (χ3n) is 5.17. The second-order valence-electron chi connectivity index (χ2n) is 7.61. The molecular formula is C23H24F6N2O4. The monoisotopic (exact) mass is 506 g/mol. The molecule has 0 saturated carbocycles. The number of nitrogens with one attached hydrogen (secondary N) is 1. The van der Waals surface area contributed by atoms with Gasteiger partial charge >= 0.3 is 12.4 Å². The van der Waals surface area contributed by atoms with Gasteiger partial charge < -0.3 is 9.64 Å². The maximum atomic E-state index is 13.6. The number of carbonyl (C=O) groups is 2. The second-order valence-corrected chi connectivity index (χ2v) is 7.61. The first-order valence-electron chi connectivity index (χ1n) is 10.6. The molecule has 0 aromatic heterocycles. The Hall–Kier alpha value is -3.28. The van der Waals surface area contributed by atoms with E-state index >= 15 is 0 Å². The second kappa shape index (κ2) is 11.9. The van der Waals surface area contributed by atoms with E-state index in [4.69, 9.17) is 9.94 Å². The first kappa shape index (κ1) is 28.0. The van der Waals surface area contributed by atoms with Gasteiger partial charge in [-0.2, -0.15) is 26.3 Å². The van der Waals surface area contributed by atoms with Gasteiger partial charge in [-0.1, -0.05) is 12.8 Å². The Morgan fingerprint density at radius 3 is 2.09 bits per heavy atom. The van der Waals surface area contributed by atoms with Crippen LogP contribution < -0.4 is 15.1 Å². The fraction of sp³-hybridized carbons (Fsp3) is 0.391. The number of hydrogen-bond acceptors (Lipinski definition) is 4. The number of unbranched alkanes of at least 4 members (excludes halogenated alkanes) is 3. The minimum Gasteiger partial charge on any atom is -0.497 e. The largest absolute Gasteiger partial charge is 0.497 e. The van der Waals surface area contributed by atoms with Gasteiger partial charge in [-0.3, -0.25) is 14.8 Å². The molecule has 2 amide bonds. The van der Waals surface area contributed by atoms with Crippen LogP contribution in [0.15, 0.2) is 42.5 Å². The van der Waals surface area contributed by atoms with Crippen molar-refractivity contribution >= 4 is 17.5 Å². The van der Waals surface area contributed by atoms with Crippen molar-refractivity contribution in [2.24, 2.45) is 0 Å². The van der Waals surface area contributed by atoms with Crippen LogP contribution >= 0.6 is 0 Å². The smallest absolute Gasteiger partial charge is 0.417 e. The van der Waals surface area contributed by atoms with Crippen LogP contribution in [0.3, 0.4) is 0 Å². The maximum Gasteiger partial charge on any atom is 0.417 e. The van der Waals surface area contributed by atoms with E-state index in [0.29, 0.717) is 37.5 Å². The summed E-state index contributed by atoms with van der Waals surface area (Å²) in [6.45, 7) is -0.0785. The van der Waals surface area contributed by atoms with Crippen LogP contribution in [0.25, 0.3) is 0 Å². The summed E-state index contributed by atoms with van der Waals surface area (Å²) in [4.78, 5) is 25.3. The molecule has 35 heavy (non-hydrogen) atoms. The van der Waals surface area contributed by atoms with E-state index in [1.165, 1.54) is 36.9 Å². The standard InChI is InChI=1S/C23H24F6N2O4/c1-35-17-10-8-16(9-11-17)31(13-5-3-2-4-6-20(32)30-34)21(33)18-14-15(22(24,25)26)7-12-19(18)23(27,28)29/h7-12,14,34H,2-6,13H2,1H3,(H,30,32). The van der Waals surface area contributed by atoms with Gasteiger partial charge in [0.05, 0.1) is 23.8 Å². The van der Waals surface area contributed by atoms with Gasteiger partial charge in [0.25, 0.3) is 5.91 Å². The zero-order valence-corrected chi connectivity index (χ0v) is 18.7. The van der Waals surface area contributed by atoms with E-state index in [0.717, 1.165) is 4.90 Å². The fourth-order valence-corrected chi connectivity index (χ4v) is 3.37. The van der Waals surface area contributed by atoms with Crippen LogP contribution in [0.5, 0.6) is 5.75 Å². The van der Waals surface area contributed by atoms with E-state index in [9.17, 15) is 35.9 Å². The van der Waals surface area contributed by atoms with Crippen molar-refractivity contribution in [2.75, 3.05) is 18.6 Å². The average molecular weight is 506 g/mol. The molecule has 0 aliphatic rings. The van der Waals surface area contributed by atoms with Crippen molar-refractivity contribution in [3.63, 3.8) is 0 Å². The zero-order valence-electron chi connectivity index (χ0n) is 18.7. The van der Waals surface area contributed by atoms with Crippen molar-refractivity contribution in [3.8, 4) is 5.75 Å². The highest BCUT2D eigenvalue weighted by molar-refractivity contribution is 6.07. The van der Waals surface area contributed by atoms with Gasteiger partial charge in [0, 0.05) is 18.7 Å². The molecule has 2 N–H and O–H groups in total. The highest BCUT2D eigenvalue weighted by Crippen LogP contribution is 2.37. The minimum absolute atomic E-state index is 0.0663. The zero-order chi connectivity index (χ0) is 26.2. The molecule has 0 aliphatic heterocycles. The van der Waals surface area contributed by atoms with Crippen molar-refractivity contribution in [3.05, 3.63) is 59.2 Å². The summed E-state index contributed by atoms with van der Waals surface area (Å²) in [5, 5.41) is 8.49. The number of nitrogens with zero attached hydrogens (tertiary/aromatic N) is 1. The number of ether oxygens (including phenoxy) is 1. The Morgan fingerprint density at radius 1 is 0.914 bits per heavy atom. The van der Waals surface area contributed by atoms with E-state index in [1.807, 2.05) is 0 Å². The molecule has 6 nitrogen and oxygen atoms in total. The highest BCUT2D eigenvalue weighted by Gasteiger charge is 2.39. The van der Waals surface area contributed by atoms with Gasteiger partial charge in [0.15, 0.2) is 0 Å². The molecule has 0 saturated heterocycles. The van der Waals surface area contributed by atoms with Crippen LogP contribution in [-0.4, -0.2) is 30.7 Å². The molecule has 192 valence electrons. The third-order valence-corrected chi connectivity index (χ3v) is 5.17. The first-order valence-corrected chi connectivity index (χ1v) is 10.6. The summed E-state index contributed by atoms with van der Waals surface area (Å²) in [5.41, 5.74) is -2.27. The van der Waals surface area contributed by atoms with Gasteiger partial charge in [0.2, 0.25) is 5.91 Å². The topological polar surface area (TPSA) is 78.9 Å². The Labute approximate surface area is 197 Å². The molecule has 2 rings (SSSR count). The summed E-state index contributed by atoms with van der Waals surface area (Å²) in [6, 6.07) is 6.55. The number of alkyl halides is 6. The molecule has 0 heterocycles. The van der Waals surface area contributed by atoms with Crippen molar-refractivity contribution in [2.45, 2.75) is 44.5 Å². The normalized spacial score (nSPS) is 11.8. The van der Waals surface area contributed by atoms with Crippen LogP contribution in [0.2, 0.25) is 0 Å². The molecule has 0 atom stereocenters. The number of hydroxylamine groups is 1. The first-order chi connectivity index (χ1) is 16.4. The van der Waals surface area contributed by atoms with E-state index in [-0.39, 0.29) is 30.8 Å². The molecule has 0 unspecified atom stereocenters. The van der Waals surface area contributed by atoms with E-state index < -0.39 is 40.9 Å². The molecule has 0 bridgehead atoms. The molecule has 12 heteroatoms. The lowest BCUT2D eigenvalue weighted by Crippen LogP contribution is -2.34. The number of benzene rings is 2. The third kappa shape index (κ3) is 7.88. The number of hydrogen-bond donors (Lipinski definition) is 2. The summed E-state index contributed by atoms with van der Waals surface area (Å²) in [7, 11) is 1.40. The Kier molecular flexibility index (Phi) is 9.52. The number of methoxy groups -OCH3 is 1. The lowest BCUT2D eigenvalue weighted by molar-refractivity contribution is -0.141. The number of anilines is 1. The molecule has 2 aromatic carbocycles. The molecule has 0 radical (unpaired) electrons. The number of rotatable bonds is 10. The number of carbonyl (C=O) groups excluding carboxylic acids is 2. The fourth-order valence-electron chi connectivity index (χ4n) is 3.37. The average Bonchev–Trinajstić information content (AvgIpc) is 2.81. The molecule has 0 aliphatic carbocycles. The summed E-state index contributed by atoms with van der Waals surface area (Å²) < 4.78 is 85.4. The molecular weight excluding hydrogens is 482 g/mol. The van der Waals surface area contributed by atoms with Gasteiger partial charge in [-0.25, -0.2) is 5.48 Å². The van der Waals surface area contributed by atoms with Gasteiger partial charge in [0.1, 0.15) is 5.75 Å². The van der Waals surface area contributed by atoms with Gasteiger partial charge in [-0.05, 0) is 55.3 Å². The number of halogens is 6. The quantitative estimate of drug-likeness (QED) is 0.184. The predicted octanol–water partition coefficient (Wildman–Crippen LogP) is 5.84. The Bertz CT molecular complexity index is 1010. The SMILES string of the molecule is COc1ccc(N(CCCCCCC(=O)NO)C(=O)c2cc(C(F)(F)F)ccc2C(F)(F)F)cc1. The molecule has 0 spiro atoms. The van der Waals surface area contributed by atoms with Crippen molar-refractivity contribution in [1.29, 1.82) is 0 Å². The summed E-state index contributed by atoms with van der Waals surface area (Å²) in [5.74, 6) is -1.38. The predicted molar refractivity (Wildman–Crippen MR) is 114 cm³/mol. The van der Waals surface area contributed by atoms with Crippen molar-refractivity contribution < 1.29 is 45.9 Å². The Morgan fingerprint density at radius 2 is 1.54 bits per heavy atom. The van der Waals surface area contributed by atoms with Crippen LogP contribution in [0.4, 0.5) is 32.0 Å². The molecule has 2 aromatic rings. The summed E-state index contributed by atoms with van der Waals surface area (Å²) in [6.07, 6.45) is -8.19. The molecule has 0 fully saturated rings. The van der Waals surface area contributed by atoms with Crippen LogP contribution in [-0.2, 0) is 17.1 Å². The van der Waals surface area contributed by atoms with Crippen molar-refractivity contribution in [1.82, 2.24) is 5.48 Å². The van der Waals surface area contributed by atoms with Crippen LogP contribution in [0, 0.1) is 0 Å². The lowest BCUT2D eigenvalue weighted by Gasteiger charge is -2.25. The Balaban J connectivity index is 2.36. The maximum absolute atomic E-state index is 13.6. The van der Waals surface area contributed by atoms with Gasteiger partial charge in [-0.15, -0.1) is 0 Å². The number of amides is 2. The summed E-state index contributed by atoms with van der Waals surface area (Å²) >= 11 is 0.